The topological polar surface area (TPSA) is 69.6 Å². The molecule has 0 aromatic carbocycles. The van der Waals surface area contributed by atoms with Crippen LogP contribution in [0.25, 0.3) is 0 Å². The van der Waals surface area contributed by atoms with Gasteiger partial charge in [0, 0.05) is 6.42 Å². The molecule has 0 heterocycles. The standard InChI is InChI=1S/C69H127NO3/c1-3-5-7-9-11-13-15-17-19-21-23-25-27-29-30-31-32-33-34-35-36-37-38-39-40-41-43-45-47-49-51-53-55-57-59-61-63-65-69(73)70-67(66-71)68(72)64-62-60-58-56-54-52-50-48-46-44-42-28-26-24-22-20-18-16-14-12-10-8-6-4-2/h5,7,11,13,17,19,23,25,54,56,62,64,67-68,71-72H,3-4,6,8-10,12,14-16,18,20-22,24,26-53,55,57-61,63,65-66H2,1-2H3,(H,70,73)/b7-5-,13-11-,19-17-,25-23-,56-54+,64-62+. The van der Waals surface area contributed by atoms with Gasteiger partial charge in [0.2, 0.25) is 5.91 Å². The molecule has 4 nitrogen and oxygen atoms in total. The van der Waals surface area contributed by atoms with Crippen LogP contribution in [0.15, 0.2) is 72.9 Å². The first-order chi connectivity index (χ1) is 36.2. The second-order valence-electron chi connectivity index (χ2n) is 22.1. The number of allylic oxidation sites excluding steroid dienone is 11. The lowest BCUT2D eigenvalue weighted by atomic mass is 10.0. The Labute approximate surface area is 457 Å². The second-order valence-corrected chi connectivity index (χ2v) is 22.1. The lowest BCUT2D eigenvalue weighted by Gasteiger charge is -2.19. The van der Waals surface area contributed by atoms with Crippen molar-refractivity contribution in [1.82, 2.24) is 5.32 Å². The van der Waals surface area contributed by atoms with Gasteiger partial charge in [-0.3, -0.25) is 4.79 Å². The molecule has 0 aromatic rings. The maximum absolute atomic E-state index is 12.5. The lowest BCUT2D eigenvalue weighted by molar-refractivity contribution is -0.123. The van der Waals surface area contributed by atoms with Gasteiger partial charge in [-0.1, -0.05) is 337 Å². The van der Waals surface area contributed by atoms with Crippen molar-refractivity contribution in [2.45, 2.75) is 353 Å². The van der Waals surface area contributed by atoms with Gasteiger partial charge in [-0.05, 0) is 70.6 Å². The number of hydrogen-bond acceptors (Lipinski definition) is 3. The van der Waals surface area contributed by atoms with Gasteiger partial charge in [-0.15, -0.1) is 0 Å². The van der Waals surface area contributed by atoms with Gasteiger partial charge in [0.05, 0.1) is 18.8 Å². The summed E-state index contributed by atoms with van der Waals surface area (Å²) in [5, 5.41) is 23.2. The van der Waals surface area contributed by atoms with E-state index in [1.807, 2.05) is 6.08 Å². The molecule has 426 valence electrons. The highest BCUT2D eigenvalue weighted by atomic mass is 16.3. The van der Waals surface area contributed by atoms with E-state index in [1.54, 1.807) is 6.08 Å². The van der Waals surface area contributed by atoms with E-state index in [9.17, 15) is 15.0 Å². The summed E-state index contributed by atoms with van der Waals surface area (Å²) in [5.41, 5.74) is 0. The number of aliphatic hydroxyl groups is 2. The molecule has 2 unspecified atom stereocenters. The Morgan fingerprint density at radius 1 is 0.342 bits per heavy atom. The molecule has 0 spiro atoms. The predicted molar refractivity (Wildman–Crippen MR) is 327 cm³/mol. The Bertz CT molecular complexity index is 1250. The first-order valence-corrected chi connectivity index (χ1v) is 32.7. The molecule has 0 aromatic heterocycles. The fraction of sp³-hybridized carbons (Fsp3) is 0.812. The molecule has 73 heavy (non-hydrogen) atoms. The highest BCUT2D eigenvalue weighted by molar-refractivity contribution is 5.76. The molecule has 0 bridgehead atoms. The Kier molecular flexibility index (Phi) is 62.2. The number of nitrogens with one attached hydrogen (secondary N) is 1. The van der Waals surface area contributed by atoms with Crippen molar-refractivity contribution < 1.29 is 15.0 Å². The maximum Gasteiger partial charge on any atom is 0.220 e. The number of aliphatic hydroxyl groups excluding tert-OH is 2. The highest BCUT2D eigenvalue weighted by Crippen LogP contribution is 2.18. The molecule has 4 heteroatoms. The van der Waals surface area contributed by atoms with Crippen molar-refractivity contribution in [1.29, 1.82) is 0 Å². The molecular weight excluding hydrogens is 891 g/mol. The Morgan fingerprint density at radius 3 is 0.959 bits per heavy atom. The first-order valence-electron chi connectivity index (χ1n) is 32.7. The van der Waals surface area contributed by atoms with E-state index in [0.717, 1.165) is 57.8 Å². The minimum absolute atomic E-state index is 0.0683. The second kappa shape index (κ2) is 64.1. The molecule has 1 amide bonds. The van der Waals surface area contributed by atoms with E-state index in [1.165, 1.54) is 263 Å². The van der Waals surface area contributed by atoms with E-state index >= 15 is 0 Å². The van der Waals surface area contributed by atoms with Crippen molar-refractivity contribution >= 4 is 5.91 Å². The van der Waals surface area contributed by atoms with Gasteiger partial charge in [0.15, 0.2) is 0 Å². The molecule has 0 rings (SSSR count). The zero-order valence-corrected chi connectivity index (χ0v) is 49.2. The largest absolute Gasteiger partial charge is 0.394 e. The monoisotopic (exact) mass is 1020 g/mol. The molecule has 2 atom stereocenters. The molecular formula is C69H127NO3. The molecule has 0 saturated carbocycles. The van der Waals surface area contributed by atoms with Crippen LogP contribution in [0.4, 0.5) is 0 Å². The molecule has 0 aliphatic rings. The Hall–Kier alpha value is -2.17. The third kappa shape index (κ3) is 60.6. The molecule has 0 aliphatic carbocycles. The first kappa shape index (κ1) is 70.8. The van der Waals surface area contributed by atoms with Crippen molar-refractivity contribution in [3.63, 3.8) is 0 Å². The Balaban J connectivity index is 3.45. The minimum atomic E-state index is -0.864. The van der Waals surface area contributed by atoms with Crippen LogP contribution in [0, 0.1) is 0 Å². The van der Waals surface area contributed by atoms with E-state index in [4.69, 9.17) is 0 Å². The van der Waals surface area contributed by atoms with E-state index in [2.05, 4.69) is 79.9 Å². The van der Waals surface area contributed by atoms with Gasteiger partial charge in [-0.2, -0.15) is 0 Å². The molecule has 0 fully saturated rings. The number of hydrogen-bond donors (Lipinski definition) is 3. The third-order valence-electron chi connectivity index (χ3n) is 14.9. The number of carbonyl (C=O) groups excluding carboxylic acids is 1. The normalized spacial score (nSPS) is 13.2. The van der Waals surface area contributed by atoms with Gasteiger partial charge in [0.25, 0.3) is 0 Å². The molecule has 0 aliphatic heterocycles. The van der Waals surface area contributed by atoms with E-state index < -0.39 is 12.1 Å². The average Bonchev–Trinajstić information content (AvgIpc) is 3.40. The summed E-state index contributed by atoms with van der Waals surface area (Å²) >= 11 is 0. The molecule has 0 radical (unpaired) electrons. The quantitative estimate of drug-likeness (QED) is 0.0420. The van der Waals surface area contributed by atoms with Crippen LogP contribution in [-0.4, -0.2) is 34.9 Å². The van der Waals surface area contributed by atoms with Crippen LogP contribution >= 0.6 is 0 Å². The van der Waals surface area contributed by atoms with Crippen LogP contribution in [0.5, 0.6) is 0 Å². The number of amides is 1. The molecule has 0 saturated heterocycles. The summed E-state index contributed by atoms with van der Waals surface area (Å²) in [6, 6.07) is -0.641. The zero-order chi connectivity index (χ0) is 52.7. The van der Waals surface area contributed by atoms with Gasteiger partial charge < -0.3 is 15.5 Å². The van der Waals surface area contributed by atoms with Crippen LogP contribution in [-0.2, 0) is 4.79 Å². The van der Waals surface area contributed by atoms with E-state index in [0.29, 0.717) is 6.42 Å². The number of unbranched alkanes of at least 4 members (excludes halogenated alkanes) is 43. The van der Waals surface area contributed by atoms with Crippen molar-refractivity contribution in [2.24, 2.45) is 0 Å². The van der Waals surface area contributed by atoms with Crippen molar-refractivity contribution in [2.75, 3.05) is 6.61 Å². The van der Waals surface area contributed by atoms with Crippen LogP contribution in [0.3, 0.4) is 0 Å². The minimum Gasteiger partial charge on any atom is -0.394 e. The molecule has 3 N–H and O–H groups in total. The van der Waals surface area contributed by atoms with Crippen LogP contribution < -0.4 is 5.32 Å². The van der Waals surface area contributed by atoms with Crippen LogP contribution in [0.1, 0.15) is 341 Å². The number of rotatable bonds is 60. The Morgan fingerprint density at radius 2 is 0.616 bits per heavy atom. The van der Waals surface area contributed by atoms with Crippen LogP contribution in [0.2, 0.25) is 0 Å². The summed E-state index contributed by atoms with van der Waals surface area (Å²) in [4.78, 5) is 12.5. The fourth-order valence-electron chi connectivity index (χ4n) is 10.0. The highest BCUT2D eigenvalue weighted by Gasteiger charge is 2.18. The summed E-state index contributed by atoms with van der Waals surface area (Å²) < 4.78 is 0. The van der Waals surface area contributed by atoms with Gasteiger partial charge in [0.1, 0.15) is 0 Å². The SMILES string of the molecule is CC/C=C\C/C=C\C/C=C\C/C=C\CCCCCCCCCCCCCCCCCCCCCCCCCCC(=O)NC(CO)C(O)/C=C/CC/C=C/CCCCCCCCCCCCCCCCCCCC. The van der Waals surface area contributed by atoms with Crippen molar-refractivity contribution in [3.05, 3.63) is 72.9 Å². The third-order valence-corrected chi connectivity index (χ3v) is 14.9. The summed E-state index contributed by atoms with van der Waals surface area (Å²) in [6.45, 7) is 4.22. The zero-order valence-electron chi connectivity index (χ0n) is 49.2. The number of carbonyl (C=O) groups is 1. The summed E-state index contributed by atoms with van der Waals surface area (Å²) in [6.07, 6.45) is 92.6. The summed E-state index contributed by atoms with van der Waals surface area (Å²) in [5.74, 6) is -0.0683. The lowest BCUT2D eigenvalue weighted by Crippen LogP contribution is -2.45. The summed E-state index contributed by atoms with van der Waals surface area (Å²) in [7, 11) is 0. The van der Waals surface area contributed by atoms with E-state index in [-0.39, 0.29) is 12.5 Å². The van der Waals surface area contributed by atoms with Gasteiger partial charge in [-0.25, -0.2) is 0 Å². The smallest absolute Gasteiger partial charge is 0.220 e. The van der Waals surface area contributed by atoms with Gasteiger partial charge >= 0.3 is 0 Å². The van der Waals surface area contributed by atoms with Crippen molar-refractivity contribution in [3.8, 4) is 0 Å². The average molecular weight is 1020 g/mol. The fourth-order valence-corrected chi connectivity index (χ4v) is 10.0. The predicted octanol–water partition coefficient (Wildman–Crippen LogP) is 22.1. The maximum atomic E-state index is 12.5.